The number of rotatable bonds is 12. The SMILES string of the molecule is CC1(C)[C@@H](Cc2ccc(OCOCc3ccccc3)cc2OCOCc2ccccc2)[C@]2(C)CC[C@H]1O2. The first kappa shape index (κ1) is 25.8. The Hall–Kier alpha value is -2.86. The van der Waals surface area contributed by atoms with Crippen molar-refractivity contribution in [2.45, 2.75) is 65.0 Å². The Balaban J connectivity index is 1.24. The molecule has 3 aromatic carbocycles. The third-order valence-electron chi connectivity index (χ3n) is 8.07. The molecule has 5 nitrogen and oxygen atoms in total. The monoisotopic (exact) mass is 502 g/mol. The topological polar surface area (TPSA) is 46.2 Å². The van der Waals surface area contributed by atoms with Crippen molar-refractivity contribution >= 4 is 0 Å². The van der Waals surface area contributed by atoms with E-state index in [9.17, 15) is 0 Å². The second kappa shape index (κ2) is 11.3. The molecule has 37 heavy (non-hydrogen) atoms. The van der Waals surface area contributed by atoms with E-state index in [0.29, 0.717) is 31.0 Å². The van der Waals surface area contributed by atoms with Crippen LogP contribution >= 0.6 is 0 Å². The highest BCUT2D eigenvalue weighted by molar-refractivity contribution is 5.41. The van der Waals surface area contributed by atoms with Gasteiger partial charge in [-0.15, -0.1) is 0 Å². The summed E-state index contributed by atoms with van der Waals surface area (Å²) in [7, 11) is 0. The number of benzene rings is 3. The van der Waals surface area contributed by atoms with Crippen molar-refractivity contribution in [3.05, 3.63) is 95.6 Å². The van der Waals surface area contributed by atoms with Crippen LogP contribution in [0.2, 0.25) is 0 Å². The van der Waals surface area contributed by atoms with Gasteiger partial charge in [0.05, 0.1) is 24.9 Å². The van der Waals surface area contributed by atoms with Gasteiger partial charge in [0.2, 0.25) is 0 Å². The van der Waals surface area contributed by atoms with E-state index >= 15 is 0 Å². The molecule has 2 heterocycles. The van der Waals surface area contributed by atoms with E-state index in [4.69, 9.17) is 23.7 Å². The summed E-state index contributed by atoms with van der Waals surface area (Å²) in [6.45, 7) is 8.31. The summed E-state index contributed by atoms with van der Waals surface area (Å²) in [5.74, 6) is 1.91. The molecule has 0 radical (unpaired) electrons. The van der Waals surface area contributed by atoms with Crippen LogP contribution in [0.5, 0.6) is 11.5 Å². The molecule has 3 aromatic rings. The fourth-order valence-electron chi connectivity index (χ4n) is 5.96. The van der Waals surface area contributed by atoms with Gasteiger partial charge in [-0.05, 0) is 60.3 Å². The lowest BCUT2D eigenvalue weighted by Crippen LogP contribution is -2.41. The van der Waals surface area contributed by atoms with Crippen molar-refractivity contribution < 1.29 is 23.7 Å². The van der Waals surface area contributed by atoms with Gasteiger partial charge in [0.15, 0.2) is 13.6 Å². The van der Waals surface area contributed by atoms with E-state index in [1.807, 2.05) is 72.8 Å². The quantitative estimate of drug-likeness (QED) is 0.199. The van der Waals surface area contributed by atoms with E-state index in [2.05, 4.69) is 26.8 Å². The second-order valence-corrected chi connectivity index (χ2v) is 11.0. The molecule has 2 aliphatic rings. The molecule has 5 heteroatoms. The molecule has 5 rings (SSSR count). The first-order valence-corrected chi connectivity index (χ1v) is 13.2. The Morgan fingerprint density at radius 2 is 1.41 bits per heavy atom. The fraction of sp³-hybridized carbons (Fsp3) is 0.438. The Morgan fingerprint density at radius 3 is 2.00 bits per heavy atom. The molecule has 2 bridgehead atoms. The van der Waals surface area contributed by atoms with Crippen molar-refractivity contribution in [1.29, 1.82) is 0 Å². The smallest absolute Gasteiger partial charge is 0.189 e. The Morgan fingerprint density at radius 1 is 0.784 bits per heavy atom. The van der Waals surface area contributed by atoms with E-state index in [1.165, 1.54) is 0 Å². The van der Waals surface area contributed by atoms with Crippen LogP contribution in [0.3, 0.4) is 0 Å². The van der Waals surface area contributed by atoms with Gasteiger partial charge >= 0.3 is 0 Å². The molecule has 0 spiro atoms. The van der Waals surface area contributed by atoms with Crippen LogP contribution < -0.4 is 9.47 Å². The van der Waals surface area contributed by atoms with Crippen molar-refractivity contribution in [1.82, 2.24) is 0 Å². The third kappa shape index (κ3) is 6.01. The lowest BCUT2D eigenvalue weighted by Gasteiger charge is -2.39. The lowest BCUT2D eigenvalue weighted by atomic mass is 9.62. The van der Waals surface area contributed by atoms with Crippen molar-refractivity contribution in [3.63, 3.8) is 0 Å². The minimum Gasteiger partial charge on any atom is -0.467 e. The average Bonchev–Trinajstić information content (AvgIpc) is 3.40. The minimum atomic E-state index is -0.0876. The zero-order valence-electron chi connectivity index (χ0n) is 22.2. The predicted octanol–water partition coefficient (Wildman–Crippen LogP) is 6.93. The Labute approximate surface area is 220 Å². The molecule has 0 aliphatic carbocycles. The maximum Gasteiger partial charge on any atom is 0.189 e. The van der Waals surface area contributed by atoms with Crippen LogP contribution in [0.25, 0.3) is 0 Å². The van der Waals surface area contributed by atoms with Gasteiger partial charge in [0.25, 0.3) is 0 Å². The van der Waals surface area contributed by atoms with Gasteiger partial charge in [0, 0.05) is 6.07 Å². The highest BCUT2D eigenvalue weighted by Crippen LogP contribution is 2.58. The molecule has 2 aliphatic heterocycles. The fourth-order valence-corrected chi connectivity index (χ4v) is 5.96. The molecule has 0 unspecified atom stereocenters. The second-order valence-electron chi connectivity index (χ2n) is 11.0. The zero-order chi connectivity index (χ0) is 25.7. The van der Waals surface area contributed by atoms with E-state index in [-0.39, 0.29) is 24.6 Å². The number of hydrogen-bond donors (Lipinski definition) is 0. The average molecular weight is 503 g/mol. The molecular formula is C32H38O5. The summed E-state index contributed by atoms with van der Waals surface area (Å²) < 4.78 is 30.1. The van der Waals surface area contributed by atoms with Crippen LogP contribution in [-0.4, -0.2) is 25.3 Å². The normalized spacial score (nSPS) is 23.8. The summed E-state index contributed by atoms with van der Waals surface area (Å²) in [6, 6.07) is 26.3. The standard InChI is InChI=1S/C32H38O5/c1-31(2)29(32(3)17-16-30(31)37-32)18-26-14-15-27(35-22-33-20-24-10-6-4-7-11-24)19-28(26)36-23-34-21-25-12-8-5-9-13-25/h4-15,19,29-30H,16-18,20-23H2,1-3H3/t29-,30-,32+/m1/s1. The largest absolute Gasteiger partial charge is 0.467 e. The van der Waals surface area contributed by atoms with Crippen LogP contribution in [0.1, 0.15) is 50.3 Å². The first-order valence-electron chi connectivity index (χ1n) is 13.2. The summed E-state index contributed by atoms with van der Waals surface area (Å²) >= 11 is 0. The van der Waals surface area contributed by atoms with E-state index in [0.717, 1.165) is 41.7 Å². The summed E-state index contributed by atoms with van der Waals surface area (Å²) in [4.78, 5) is 0. The van der Waals surface area contributed by atoms with Gasteiger partial charge in [-0.1, -0.05) is 80.6 Å². The predicted molar refractivity (Wildman–Crippen MR) is 143 cm³/mol. The summed E-state index contributed by atoms with van der Waals surface area (Å²) in [5.41, 5.74) is 3.42. The van der Waals surface area contributed by atoms with Crippen LogP contribution in [0.4, 0.5) is 0 Å². The first-order chi connectivity index (χ1) is 17.9. The summed E-state index contributed by atoms with van der Waals surface area (Å²) in [5, 5.41) is 0. The molecule has 0 N–H and O–H groups in total. The van der Waals surface area contributed by atoms with Crippen LogP contribution in [0.15, 0.2) is 78.9 Å². The number of ether oxygens (including phenoxy) is 5. The lowest BCUT2D eigenvalue weighted by molar-refractivity contribution is -0.000423. The molecule has 0 aromatic heterocycles. The number of hydrogen-bond acceptors (Lipinski definition) is 5. The summed E-state index contributed by atoms with van der Waals surface area (Å²) in [6.07, 6.45) is 3.47. The van der Waals surface area contributed by atoms with Crippen molar-refractivity contribution in [2.75, 3.05) is 13.6 Å². The maximum absolute atomic E-state index is 6.47. The third-order valence-corrected chi connectivity index (χ3v) is 8.07. The maximum atomic E-state index is 6.47. The van der Waals surface area contributed by atoms with Crippen molar-refractivity contribution in [2.24, 2.45) is 11.3 Å². The highest BCUT2D eigenvalue weighted by atomic mass is 16.7. The van der Waals surface area contributed by atoms with Gasteiger partial charge < -0.3 is 23.7 Å². The van der Waals surface area contributed by atoms with Gasteiger partial charge in [-0.25, -0.2) is 0 Å². The molecule has 2 saturated heterocycles. The zero-order valence-corrected chi connectivity index (χ0v) is 22.2. The molecule has 0 saturated carbocycles. The Bertz CT molecular complexity index is 1140. The Kier molecular flexibility index (Phi) is 7.84. The highest BCUT2D eigenvalue weighted by Gasteiger charge is 2.60. The molecular weight excluding hydrogens is 464 g/mol. The van der Waals surface area contributed by atoms with Gasteiger partial charge in [0.1, 0.15) is 11.5 Å². The van der Waals surface area contributed by atoms with E-state index in [1.54, 1.807) is 0 Å². The molecule has 0 amide bonds. The van der Waals surface area contributed by atoms with Gasteiger partial charge in [-0.2, -0.15) is 0 Å². The van der Waals surface area contributed by atoms with E-state index < -0.39 is 0 Å². The molecule has 2 fully saturated rings. The van der Waals surface area contributed by atoms with Crippen molar-refractivity contribution in [3.8, 4) is 11.5 Å². The van der Waals surface area contributed by atoms with Gasteiger partial charge in [-0.3, -0.25) is 0 Å². The molecule has 196 valence electrons. The number of fused-ring (bicyclic) bond motifs is 2. The molecule has 3 atom stereocenters. The van der Waals surface area contributed by atoms with Crippen LogP contribution in [-0.2, 0) is 33.8 Å². The minimum absolute atomic E-state index is 0.0876. The van der Waals surface area contributed by atoms with Crippen LogP contribution in [0, 0.1) is 11.3 Å².